The van der Waals surface area contributed by atoms with Crippen LogP contribution >= 0.6 is 0 Å². The largest absolute Gasteiger partial charge is 0.481 e. The SMILES string of the molecule is CC(=O)CC(O)CCCCC(C)C.CC(C)CCCCCC(O)CC(=O)O.CCC(C)CCC(O)CC(C)=O.CCC(C)CCCCC(O)CC(C)=O.CCCCCCCC(O)CC(C)=O. The van der Waals surface area contributed by atoms with E-state index < -0.39 is 36.5 Å². The molecule has 0 saturated carbocycles. The van der Waals surface area contributed by atoms with Crippen molar-refractivity contribution >= 4 is 29.1 Å². The van der Waals surface area contributed by atoms with Crippen LogP contribution in [0.1, 0.15) is 270 Å². The van der Waals surface area contributed by atoms with E-state index in [9.17, 15) is 49.5 Å². The number of Topliss-reactive ketones (excluding diaryl/α,β-unsaturated/α-hetero) is 4. The van der Waals surface area contributed by atoms with E-state index >= 15 is 0 Å². The third-order valence-corrected chi connectivity index (χ3v) is 11.4. The zero-order chi connectivity index (χ0) is 51.9. The van der Waals surface area contributed by atoms with E-state index in [4.69, 9.17) is 5.11 Å². The van der Waals surface area contributed by atoms with Crippen LogP contribution in [0.5, 0.6) is 0 Å². The lowest BCUT2D eigenvalue weighted by atomic mass is 9.99. The number of carboxylic acid groups (broad SMARTS) is 1. The van der Waals surface area contributed by atoms with Crippen LogP contribution in [0.4, 0.5) is 0 Å². The molecule has 0 amide bonds. The molecule has 0 aliphatic heterocycles. The number of aliphatic hydroxyl groups is 5. The Morgan fingerprint density at radius 3 is 0.909 bits per heavy atom. The molecule has 0 aromatic rings. The molecule has 0 bridgehead atoms. The molecular formula is C55H110O11. The van der Waals surface area contributed by atoms with Gasteiger partial charge >= 0.3 is 5.97 Å². The zero-order valence-electron chi connectivity index (χ0n) is 45.2. The molecule has 6 N–H and O–H groups in total. The first-order valence-electron chi connectivity index (χ1n) is 26.4. The maximum atomic E-state index is 10.7. The molecule has 0 radical (unpaired) electrons. The molecule has 0 aliphatic rings. The lowest BCUT2D eigenvalue weighted by molar-refractivity contribution is -0.139. The summed E-state index contributed by atoms with van der Waals surface area (Å²) in [6.07, 6.45) is 23.2. The number of hydrogen-bond donors (Lipinski definition) is 6. The fraction of sp³-hybridized carbons (Fsp3) is 0.909. The molecule has 11 heteroatoms. The van der Waals surface area contributed by atoms with E-state index in [1.54, 1.807) is 0 Å². The number of carboxylic acids is 1. The lowest BCUT2D eigenvalue weighted by Crippen LogP contribution is -2.12. The third-order valence-electron chi connectivity index (χ3n) is 11.4. The minimum Gasteiger partial charge on any atom is -0.481 e. The monoisotopic (exact) mass is 947 g/mol. The third kappa shape index (κ3) is 73.5. The second-order valence-electron chi connectivity index (χ2n) is 20.3. The predicted molar refractivity (Wildman–Crippen MR) is 275 cm³/mol. The van der Waals surface area contributed by atoms with Crippen LogP contribution in [0, 0.1) is 23.7 Å². The van der Waals surface area contributed by atoms with Gasteiger partial charge in [0.1, 0.15) is 23.1 Å². The average molecular weight is 947 g/mol. The summed E-state index contributed by atoms with van der Waals surface area (Å²) < 4.78 is 0. The van der Waals surface area contributed by atoms with Gasteiger partial charge in [0.15, 0.2) is 0 Å². The molecule has 0 aliphatic carbocycles. The molecule has 11 nitrogen and oxygen atoms in total. The van der Waals surface area contributed by atoms with Gasteiger partial charge in [-0.05, 0) is 89.9 Å². The summed E-state index contributed by atoms with van der Waals surface area (Å²) in [6, 6.07) is 0. The normalized spacial score (nSPS) is 14.0. The smallest absolute Gasteiger partial charge is 0.305 e. The molecule has 7 atom stereocenters. The molecule has 396 valence electrons. The van der Waals surface area contributed by atoms with Gasteiger partial charge in [-0.15, -0.1) is 0 Å². The summed E-state index contributed by atoms with van der Waals surface area (Å²) in [6.45, 7) is 25.8. The number of unbranched alkanes of at least 4 members (excludes halogenated alkanes) is 8. The highest BCUT2D eigenvalue weighted by atomic mass is 16.4. The van der Waals surface area contributed by atoms with Crippen molar-refractivity contribution in [2.45, 2.75) is 300 Å². The molecule has 7 unspecified atom stereocenters. The summed E-state index contributed by atoms with van der Waals surface area (Å²) in [7, 11) is 0. The highest BCUT2D eigenvalue weighted by molar-refractivity contribution is 5.76. The molecule has 0 rings (SSSR count). The fourth-order valence-electron chi connectivity index (χ4n) is 6.82. The van der Waals surface area contributed by atoms with Crippen molar-refractivity contribution in [1.29, 1.82) is 0 Å². The number of aliphatic carboxylic acids is 1. The van der Waals surface area contributed by atoms with E-state index in [1.165, 1.54) is 91.9 Å². The molecule has 66 heavy (non-hydrogen) atoms. The first kappa shape index (κ1) is 72.9. The zero-order valence-corrected chi connectivity index (χ0v) is 45.2. The molecule has 0 saturated heterocycles. The van der Waals surface area contributed by atoms with E-state index in [0.29, 0.717) is 38.0 Å². The molecular weight excluding hydrogens is 837 g/mol. The van der Waals surface area contributed by atoms with Crippen LogP contribution in [0.25, 0.3) is 0 Å². The van der Waals surface area contributed by atoms with Gasteiger partial charge in [0.2, 0.25) is 0 Å². The number of hydrogen-bond acceptors (Lipinski definition) is 10. The number of aliphatic hydroxyl groups excluding tert-OH is 5. The van der Waals surface area contributed by atoms with E-state index in [-0.39, 0.29) is 29.6 Å². The Morgan fingerprint density at radius 2 is 0.591 bits per heavy atom. The van der Waals surface area contributed by atoms with Gasteiger partial charge in [-0.25, -0.2) is 0 Å². The van der Waals surface area contributed by atoms with Crippen LogP contribution in [-0.4, -0.2) is 90.3 Å². The standard InChI is InChI=1S/C12H24O2.C11H22O3.2C11H22O2.C10H20O2/c1-4-10(2)7-5-6-8-12(14)9-11(3)13;1-9(2)6-4-3-5-7-10(12)8-11(13)14;1-9(2)6-4-5-7-11(13)8-10(3)12;1-3-4-5-6-7-8-11(13)9-10(2)12;1-4-8(2)5-6-10(12)7-9(3)11/h10,12,14H,4-9H2,1-3H3;9-10,12H,3-8H2,1-2H3,(H,13,14);9,11,13H,4-8H2,1-3H3;11,13H,3-9H2,1-2H3;8,10,12H,4-7H2,1-3H3. The minimum atomic E-state index is -0.917. The number of ketones is 4. The Labute approximate surface area is 406 Å². The second kappa shape index (κ2) is 52.3. The van der Waals surface area contributed by atoms with Crippen LogP contribution in [0.3, 0.4) is 0 Å². The van der Waals surface area contributed by atoms with Gasteiger partial charge in [0.05, 0.1) is 36.9 Å². The summed E-state index contributed by atoms with van der Waals surface area (Å²) in [4.78, 5) is 52.8. The summed E-state index contributed by atoms with van der Waals surface area (Å²) in [5.41, 5.74) is 0. The average Bonchev–Trinajstić information content (AvgIpc) is 3.19. The highest BCUT2D eigenvalue weighted by Crippen LogP contribution is 2.16. The molecule has 0 spiro atoms. The van der Waals surface area contributed by atoms with Gasteiger partial charge in [0.25, 0.3) is 0 Å². The number of rotatable bonds is 37. The molecule has 0 aromatic carbocycles. The van der Waals surface area contributed by atoms with Crippen LogP contribution in [0.15, 0.2) is 0 Å². The van der Waals surface area contributed by atoms with Crippen LogP contribution < -0.4 is 0 Å². The predicted octanol–water partition coefficient (Wildman–Crippen LogP) is 12.7. The van der Waals surface area contributed by atoms with Gasteiger partial charge in [0, 0.05) is 25.7 Å². The molecule has 0 fully saturated rings. The van der Waals surface area contributed by atoms with E-state index in [1.807, 2.05) is 0 Å². The van der Waals surface area contributed by atoms with Crippen LogP contribution in [-0.2, 0) is 24.0 Å². The number of carbonyl (C=O) groups is 5. The van der Waals surface area contributed by atoms with Crippen LogP contribution in [0.2, 0.25) is 0 Å². The first-order valence-corrected chi connectivity index (χ1v) is 26.4. The van der Waals surface area contributed by atoms with Gasteiger partial charge in [-0.1, -0.05) is 171 Å². The van der Waals surface area contributed by atoms with Gasteiger partial charge in [-0.3, -0.25) is 24.0 Å². The highest BCUT2D eigenvalue weighted by Gasteiger charge is 2.11. The van der Waals surface area contributed by atoms with Crippen molar-refractivity contribution in [2.75, 3.05) is 0 Å². The topological polar surface area (TPSA) is 207 Å². The van der Waals surface area contributed by atoms with Crippen molar-refractivity contribution in [3.8, 4) is 0 Å². The van der Waals surface area contributed by atoms with Gasteiger partial charge < -0.3 is 30.6 Å². The quantitative estimate of drug-likeness (QED) is 0.0323. The number of carbonyl (C=O) groups excluding carboxylic acids is 4. The van der Waals surface area contributed by atoms with Crippen molar-refractivity contribution in [3.63, 3.8) is 0 Å². The Morgan fingerprint density at radius 1 is 0.333 bits per heavy atom. The summed E-state index contributed by atoms with van der Waals surface area (Å²) >= 11 is 0. The van der Waals surface area contributed by atoms with Crippen molar-refractivity contribution in [2.24, 2.45) is 23.7 Å². The maximum absolute atomic E-state index is 10.7. The first-order chi connectivity index (χ1) is 30.8. The Hall–Kier alpha value is -2.05. The Kier molecular flexibility index (Phi) is 57.8. The van der Waals surface area contributed by atoms with Crippen molar-refractivity contribution in [3.05, 3.63) is 0 Å². The van der Waals surface area contributed by atoms with Crippen molar-refractivity contribution in [1.82, 2.24) is 0 Å². The summed E-state index contributed by atoms with van der Waals surface area (Å²) in [5.74, 6) is 2.33. The second-order valence-corrected chi connectivity index (χ2v) is 20.3. The fourth-order valence-corrected chi connectivity index (χ4v) is 6.82. The van der Waals surface area contributed by atoms with Crippen molar-refractivity contribution < 1.29 is 54.6 Å². The molecule has 0 aromatic heterocycles. The Bertz CT molecular complexity index is 1110. The summed E-state index contributed by atoms with van der Waals surface area (Å²) in [5, 5.41) is 55.1. The van der Waals surface area contributed by atoms with Gasteiger partial charge in [-0.2, -0.15) is 0 Å². The lowest BCUT2D eigenvalue weighted by Gasteiger charge is -2.11. The maximum Gasteiger partial charge on any atom is 0.305 e. The van der Waals surface area contributed by atoms with E-state index in [2.05, 4.69) is 62.3 Å². The Balaban J connectivity index is -0.000000235. The van der Waals surface area contributed by atoms with E-state index in [0.717, 1.165) is 94.8 Å². The molecule has 0 heterocycles. The minimum absolute atomic E-state index is 0.0756.